The Morgan fingerprint density at radius 2 is 2.26 bits per heavy atom. The zero-order chi connectivity index (χ0) is 17.0. The first-order chi connectivity index (χ1) is 10.8. The number of anilines is 2. The van der Waals surface area contributed by atoms with Crippen LogP contribution in [0, 0.1) is 0 Å². The van der Waals surface area contributed by atoms with Crippen molar-refractivity contribution in [3.63, 3.8) is 0 Å². The normalized spacial score (nSPS) is 11.8. The number of aromatic nitrogens is 4. The Morgan fingerprint density at radius 1 is 1.52 bits per heavy atom. The van der Waals surface area contributed by atoms with Crippen LogP contribution in [-0.4, -0.2) is 48.8 Å². The summed E-state index contributed by atoms with van der Waals surface area (Å²) < 4.78 is 17.3. The molecule has 0 bridgehead atoms. The molecule has 0 aliphatic rings. The van der Waals surface area contributed by atoms with Crippen molar-refractivity contribution >= 4 is 30.5 Å². The highest BCUT2D eigenvalue weighted by molar-refractivity contribution is 7.51. The first kappa shape index (κ1) is 17.4. The summed E-state index contributed by atoms with van der Waals surface area (Å²) in [5.74, 6) is 0.602. The maximum absolute atomic E-state index is 10.7. The predicted octanol–water partition coefficient (Wildman–Crippen LogP) is 0.548. The van der Waals surface area contributed by atoms with Crippen LogP contribution in [0.15, 0.2) is 18.5 Å². The Labute approximate surface area is 132 Å². The molecule has 0 atom stereocenters. The van der Waals surface area contributed by atoms with E-state index < -0.39 is 13.9 Å². The summed E-state index contributed by atoms with van der Waals surface area (Å²) in [6, 6.07) is 0. The van der Waals surface area contributed by atoms with Crippen molar-refractivity contribution in [1.29, 1.82) is 0 Å². The Bertz CT molecular complexity index is 755. The van der Waals surface area contributed by atoms with Crippen molar-refractivity contribution in [3.8, 4) is 0 Å². The molecule has 2 aromatic rings. The number of nitrogens with zero attached hydrogens (tertiary/aromatic N) is 4. The van der Waals surface area contributed by atoms with E-state index in [2.05, 4.69) is 26.8 Å². The number of nitrogens with two attached hydrogens (primary N) is 1. The largest absolute Gasteiger partial charge is 0.368 e. The SMILES string of the molecule is C=C(C)CNc1nc(N)nc2c1ncn2CCOCP(=O)(O)O. The number of ether oxygens (including phenoxy) is 1. The highest BCUT2D eigenvalue weighted by Gasteiger charge is 2.14. The smallest absolute Gasteiger partial charge is 0.350 e. The molecular weight excluding hydrogens is 323 g/mol. The van der Waals surface area contributed by atoms with Crippen LogP contribution in [0.3, 0.4) is 0 Å². The van der Waals surface area contributed by atoms with E-state index in [0.29, 0.717) is 30.1 Å². The van der Waals surface area contributed by atoms with Gasteiger partial charge in [-0.25, -0.2) is 4.98 Å². The van der Waals surface area contributed by atoms with Crippen molar-refractivity contribution in [1.82, 2.24) is 19.5 Å². The molecule has 0 aliphatic carbocycles. The second kappa shape index (κ2) is 7.05. The maximum Gasteiger partial charge on any atom is 0.350 e. The number of rotatable bonds is 8. The highest BCUT2D eigenvalue weighted by atomic mass is 31.2. The van der Waals surface area contributed by atoms with Gasteiger partial charge in [-0.05, 0) is 6.92 Å². The van der Waals surface area contributed by atoms with Gasteiger partial charge in [-0.3, -0.25) is 4.57 Å². The third kappa shape index (κ3) is 5.00. The minimum atomic E-state index is -4.17. The van der Waals surface area contributed by atoms with Gasteiger partial charge in [0.15, 0.2) is 17.0 Å². The van der Waals surface area contributed by atoms with E-state index in [1.165, 1.54) is 0 Å². The van der Waals surface area contributed by atoms with Gasteiger partial charge in [0, 0.05) is 13.1 Å². The lowest BCUT2D eigenvalue weighted by Crippen LogP contribution is -2.09. The molecule has 0 saturated carbocycles. The molecule has 0 saturated heterocycles. The molecule has 10 nitrogen and oxygen atoms in total. The molecule has 0 amide bonds. The molecule has 2 aromatic heterocycles. The molecule has 0 fully saturated rings. The van der Waals surface area contributed by atoms with Crippen LogP contribution in [0.5, 0.6) is 0 Å². The summed E-state index contributed by atoms with van der Waals surface area (Å²) in [7, 11) is -4.17. The van der Waals surface area contributed by atoms with Crippen LogP contribution in [-0.2, 0) is 15.8 Å². The number of nitrogen functional groups attached to an aromatic ring is 1. The summed E-state index contributed by atoms with van der Waals surface area (Å²) in [5, 5.41) is 3.09. The Balaban J connectivity index is 2.13. The zero-order valence-corrected chi connectivity index (χ0v) is 13.5. The molecule has 0 unspecified atom stereocenters. The molecule has 5 N–H and O–H groups in total. The predicted molar refractivity (Wildman–Crippen MR) is 85.9 cm³/mol. The van der Waals surface area contributed by atoms with Crippen LogP contribution in [0.1, 0.15) is 6.92 Å². The summed E-state index contributed by atoms with van der Waals surface area (Å²) in [4.78, 5) is 30.0. The first-order valence-electron chi connectivity index (χ1n) is 6.75. The van der Waals surface area contributed by atoms with Gasteiger partial charge in [0.2, 0.25) is 5.95 Å². The van der Waals surface area contributed by atoms with Crippen molar-refractivity contribution in [2.24, 2.45) is 0 Å². The van der Waals surface area contributed by atoms with E-state index in [0.717, 1.165) is 5.57 Å². The lowest BCUT2D eigenvalue weighted by atomic mass is 10.3. The number of nitrogens with one attached hydrogen (secondary N) is 1. The fraction of sp³-hybridized carbons (Fsp3) is 0.417. The van der Waals surface area contributed by atoms with Crippen LogP contribution >= 0.6 is 7.60 Å². The monoisotopic (exact) mass is 342 g/mol. The molecule has 0 aromatic carbocycles. The first-order valence-corrected chi connectivity index (χ1v) is 8.55. The fourth-order valence-corrected chi connectivity index (χ4v) is 2.20. The third-order valence-corrected chi connectivity index (χ3v) is 3.29. The van der Waals surface area contributed by atoms with Crippen LogP contribution < -0.4 is 11.1 Å². The van der Waals surface area contributed by atoms with Crippen LogP contribution in [0.4, 0.5) is 11.8 Å². The average Bonchev–Trinajstić information content (AvgIpc) is 2.83. The third-order valence-electron chi connectivity index (χ3n) is 2.77. The van der Waals surface area contributed by atoms with Gasteiger partial charge < -0.3 is 30.1 Å². The maximum atomic E-state index is 10.7. The van der Waals surface area contributed by atoms with Gasteiger partial charge >= 0.3 is 7.60 Å². The summed E-state index contributed by atoms with van der Waals surface area (Å²) in [6.45, 7) is 6.65. The van der Waals surface area contributed by atoms with Gasteiger partial charge in [-0.2, -0.15) is 9.97 Å². The molecule has 23 heavy (non-hydrogen) atoms. The van der Waals surface area contributed by atoms with Gasteiger partial charge in [0.05, 0.1) is 12.9 Å². The van der Waals surface area contributed by atoms with Crippen LogP contribution in [0.2, 0.25) is 0 Å². The highest BCUT2D eigenvalue weighted by Crippen LogP contribution is 2.33. The molecule has 2 rings (SSSR count). The number of hydrogen-bond acceptors (Lipinski definition) is 7. The Hall–Kier alpha value is -2.00. The lowest BCUT2D eigenvalue weighted by Gasteiger charge is -2.08. The quantitative estimate of drug-likeness (QED) is 0.306. The molecule has 126 valence electrons. The van der Waals surface area contributed by atoms with E-state index in [1.54, 1.807) is 10.9 Å². The van der Waals surface area contributed by atoms with Gasteiger partial charge in [-0.15, -0.1) is 0 Å². The Kier molecular flexibility index (Phi) is 5.32. The Morgan fingerprint density at radius 3 is 2.91 bits per heavy atom. The molecule has 0 spiro atoms. The van der Waals surface area contributed by atoms with Gasteiger partial charge in [-0.1, -0.05) is 12.2 Å². The van der Waals surface area contributed by atoms with E-state index in [9.17, 15) is 4.57 Å². The summed E-state index contributed by atoms with van der Waals surface area (Å²) >= 11 is 0. The van der Waals surface area contributed by atoms with Crippen molar-refractivity contribution in [2.45, 2.75) is 13.5 Å². The lowest BCUT2D eigenvalue weighted by molar-refractivity contribution is 0.149. The van der Waals surface area contributed by atoms with Crippen molar-refractivity contribution < 1.29 is 19.1 Å². The molecule has 2 heterocycles. The van der Waals surface area contributed by atoms with Crippen LogP contribution in [0.25, 0.3) is 11.2 Å². The molecule has 0 aliphatic heterocycles. The number of hydrogen-bond donors (Lipinski definition) is 4. The number of imidazole rings is 1. The molecular formula is C12H19N6O4P. The second-order valence-electron chi connectivity index (χ2n) is 5.05. The van der Waals surface area contributed by atoms with Gasteiger partial charge in [0.1, 0.15) is 6.35 Å². The summed E-state index contributed by atoms with van der Waals surface area (Å²) in [6.07, 6.45) is 0.924. The minimum Gasteiger partial charge on any atom is -0.368 e. The molecule has 11 heteroatoms. The summed E-state index contributed by atoms with van der Waals surface area (Å²) in [5.41, 5.74) is 7.71. The fourth-order valence-electron chi connectivity index (χ4n) is 1.83. The van der Waals surface area contributed by atoms with E-state index >= 15 is 0 Å². The average molecular weight is 342 g/mol. The van der Waals surface area contributed by atoms with E-state index in [1.807, 2.05) is 6.92 Å². The molecule has 0 radical (unpaired) electrons. The standard InChI is InChI=1S/C12H19N6O4P/c1-8(2)5-14-10-9-11(17-12(13)16-10)18(6-15-9)3-4-22-7-23(19,20)21/h6H,1,3-5,7H2,2H3,(H2,19,20,21)(H3,13,14,16,17). The topological polar surface area (TPSA) is 148 Å². The second-order valence-corrected chi connectivity index (χ2v) is 6.64. The van der Waals surface area contributed by atoms with Crippen molar-refractivity contribution in [3.05, 3.63) is 18.5 Å². The van der Waals surface area contributed by atoms with Crippen molar-refractivity contribution in [2.75, 3.05) is 30.6 Å². The van der Waals surface area contributed by atoms with Gasteiger partial charge in [0.25, 0.3) is 0 Å². The van der Waals surface area contributed by atoms with E-state index in [4.69, 9.17) is 20.3 Å². The van der Waals surface area contributed by atoms with E-state index in [-0.39, 0.29) is 12.6 Å². The number of fused-ring (bicyclic) bond motifs is 1. The zero-order valence-electron chi connectivity index (χ0n) is 12.6. The minimum absolute atomic E-state index is 0.0969.